The lowest BCUT2D eigenvalue weighted by atomic mass is 9.78. The van der Waals surface area contributed by atoms with Gasteiger partial charge < -0.3 is 4.90 Å². The summed E-state index contributed by atoms with van der Waals surface area (Å²) in [6, 6.07) is 8.78. The average molecular weight is 235 g/mol. The molecule has 90 valence electrons. The molecule has 2 heterocycles. The van der Waals surface area contributed by atoms with Crippen molar-refractivity contribution in [3.63, 3.8) is 0 Å². The topological polar surface area (TPSA) is 3.24 Å². The maximum Gasteiger partial charge on any atom is 0.0432 e. The molecule has 1 nitrogen and oxygen atoms in total. The molecule has 2 atom stereocenters. The number of fused-ring (bicyclic) bond motifs is 4. The van der Waals surface area contributed by atoms with Crippen LogP contribution in [-0.4, -0.2) is 11.4 Å². The van der Waals surface area contributed by atoms with Crippen molar-refractivity contribution < 1.29 is 0 Å². The molecule has 1 fully saturated rings. The van der Waals surface area contributed by atoms with Gasteiger partial charge in [-0.05, 0) is 29.5 Å². The molecule has 0 saturated carbocycles. The van der Waals surface area contributed by atoms with Crippen molar-refractivity contribution in [2.75, 3.05) is 6.54 Å². The van der Waals surface area contributed by atoms with E-state index in [0.29, 0.717) is 11.8 Å². The fourth-order valence-electron chi connectivity index (χ4n) is 3.43. The first-order valence-electron chi connectivity index (χ1n) is 6.81. The van der Waals surface area contributed by atoms with Gasteiger partial charge in [-0.25, -0.2) is 0 Å². The van der Waals surface area contributed by atoms with Crippen LogP contribution in [0.5, 0.6) is 0 Å². The van der Waals surface area contributed by atoms with E-state index in [4.69, 9.17) is 0 Å². The minimum atomic E-state index is 0.595. The maximum absolute atomic E-state index is 2.56. The van der Waals surface area contributed by atoms with E-state index < -0.39 is 0 Å². The summed E-state index contributed by atoms with van der Waals surface area (Å²) in [6.07, 6.45) is 12.8. The molecular formula is C17H17N. The van der Waals surface area contributed by atoms with Crippen molar-refractivity contribution in [1.29, 1.82) is 0 Å². The Bertz CT molecular complexity index is 565. The fraction of sp³-hybridized carbons (Fsp3) is 0.294. The van der Waals surface area contributed by atoms with Crippen molar-refractivity contribution >= 4 is 6.08 Å². The van der Waals surface area contributed by atoms with E-state index in [1.165, 1.54) is 29.8 Å². The van der Waals surface area contributed by atoms with Gasteiger partial charge in [0.05, 0.1) is 0 Å². The molecule has 1 aliphatic carbocycles. The van der Waals surface area contributed by atoms with E-state index in [1.807, 2.05) is 0 Å². The van der Waals surface area contributed by atoms with E-state index in [9.17, 15) is 0 Å². The van der Waals surface area contributed by atoms with Crippen molar-refractivity contribution in [3.05, 3.63) is 65.4 Å². The van der Waals surface area contributed by atoms with Gasteiger partial charge in [0.2, 0.25) is 0 Å². The first-order valence-corrected chi connectivity index (χ1v) is 6.81. The highest BCUT2D eigenvalue weighted by molar-refractivity contribution is 5.60. The van der Waals surface area contributed by atoms with Crippen LogP contribution in [0.1, 0.15) is 17.5 Å². The minimum Gasteiger partial charge on any atom is -0.370 e. The highest BCUT2D eigenvalue weighted by atomic mass is 15.2. The maximum atomic E-state index is 2.56. The van der Waals surface area contributed by atoms with Gasteiger partial charge in [0.15, 0.2) is 0 Å². The molecule has 0 spiro atoms. The molecule has 0 N–H and O–H groups in total. The summed E-state index contributed by atoms with van der Waals surface area (Å²) in [4.78, 5) is 2.56. The van der Waals surface area contributed by atoms with Gasteiger partial charge >= 0.3 is 0 Å². The summed E-state index contributed by atoms with van der Waals surface area (Å²) in [7, 11) is 0. The van der Waals surface area contributed by atoms with Crippen LogP contribution in [0.4, 0.5) is 0 Å². The van der Waals surface area contributed by atoms with E-state index in [1.54, 1.807) is 0 Å². The summed E-state index contributed by atoms with van der Waals surface area (Å²) < 4.78 is 0. The van der Waals surface area contributed by atoms with Crippen LogP contribution in [0, 0.1) is 11.8 Å². The van der Waals surface area contributed by atoms with E-state index in [-0.39, 0.29) is 0 Å². The number of nitrogens with zero attached hydrogens (tertiary/aromatic N) is 1. The lowest BCUT2D eigenvalue weighted by molar-refractivity contribution is 0.220. The number of rotatable bonds is 0. The minimum absolute atomic E-state index is 0.595. The SMILES string of the molecule is C1=CC2CCN3Cc4ccccc4C=C3C2C=C1. The van der Waals surface area contributed by atoms with Crippen LogP contribution in [0.3, 0.4) is 0 Å². The van der Waals surface area contributed by atoms with Crippen molar-refractivity contribution in [2.45, 2.75) is 13.0 Å². The Morgan fingerprint density at radius 3 is 2.94 bits per heavy atom. The summed E-state index contributed by atoms with van der Waals surface area (Å²) in [5.41, 5.74) is 4.40. The molecule has 18 heavy (non-hydrogen) atoms. The first kappa shape index (κ1) is 10.2. The average Bonchev–Trinajstić information content (AvgIpc) is 2.45. The van der Waals surface area contributed by atoms with Gasteiger partial charge in [-0.15, -0.1) is 0 Å². The number of hydrogen-bond donors (Lipinski definition) is 0. The highest BCUT2D eigenvalue weighted by Crippen LogP contribution is 2.40. The Morgan fingerprint density at radius 1 is 1.06 bits per heavy atom. The van der Waals surface area contributed by atoms with E-state index >= 15 is 0 Å². The normalized spacial score (nSPS) is 28.2. The molecule has 0 bridgehead atoms. The molecule has 0 amide bonds. The van der Waals surface area contributed by atoms with Gasteiger partial charge in [-0.1, -0.05) is 48.6 Å². The highest BCUT2D eigenvalue weighted by Gasteiger charge is 2.32. The largest absolute Gasteiger partial charge is 0.370 e. The van der Waals surface area contributed by atoms with Crippen LogP contribution in [0.25, 0.3) is 6.08 Å². The van der Waals surface area contributed by atoms with Crippen LogP contribution in [0.2, 0.25) is 0 Å². The molecule has 0 aromatic heterocycles. The Morgan fingerprint density at radius 2 is 1.94 bits per heavy atom. The van der Waals surface area contributed by atoms with Crippen LogP contribution in [0.15, 0.2) is 54.3 Å². The Labute approximate surface area is 108 Å². The zero-order chi connectivity index (χ0) is 11.9. The Kier molecular flexibility index (Phi) is 2.19. The molecule has 3 aliphatic rings. The molecule has 1 heteroatoms. The summed E-state index contributed by atoms with van der Waals surface area (Å²) in [5.74, 6) is 1.31. The number of piperidine rings is 1. The smallest absolute Gasteiger partial charge is 0.0432 e. The molecule has 1 saturated heterocycles. The lowest BCUT2D eigenvalue weighted by Crippen LogP contribution is -2.38. The summed E-state index contributed by atoms with van der Waals surface area (Å²) in [6.45, 7) is 2.28. The zero-order valence-corrected chi connectivity index (χ0v) is 10.4. The number of allylic oxidation sites excluding steroid dienone is 4. The second-order valence-corrected chi connectivity index (χ2v) is 5.44. The van der Waals surface area contributed by atoms with Gasteiger partial charge in [0, 0.05) is 24.7 Å². The lowest BCUT2D eigenvalue weighted by Gasteiger charge is -2.43. The van der Waals surface area contributed by atoms with Crippen molar-refractivity contribution in [1.82, 2.24) is 4.90 Å². The molecule has 2 aliphatic heterocycles. The third kappa shape index (κ3) is 1.47. The molecular weight excluding hydrogens is 218 g/mol. The third-order valence-corrected chi connectivity index (χ3v) is 4.41. The molecule has 2 unspecified atom stereocenters. The summed E-state index contributed by atoms with van der Waals surface area (Å²) in [5, 5.41) is 0. The van der Waals surface area contributed by atoms with Gasteiger partial charge in [0.25, 0.3) is 0 Å². The van der Waals surface area contributed by atoms with Crippen molar-refractivity contribution in [2.24, 2.45) is 11.8 Å². The van der Waals surface area contributed by atoms with Gasteiger partial charge in [-0.3, -0.25) is 0 Å². The molecule has 4 rings (SSSR count). The predicted molar refractivity (Wildman–Crippen MR) is 74.7 cm³/mol. The van der Waals surface area contributed by atoms with Gasteiger partial charge in [-0.2, -0.15) is 0 Å². The Balaban J connectivity index is 1.79. The molecule has 1 aromatic rings. The molecule has 0 radical (unpaired) electrons. The van der Waals surface area contributed by atoms with Crippen LogP contribution < -0.4 is 0 Å². The van der Waals surface area contributed by atoms with E-state index in [2.05, 4.69) is 59.5 Å². The molecule has 1 aromatic carbocycles. The fourth-order valence-corrected chi connectivity index (χ4v) is 3.43. The summed E-state index contributed by atoms with van der Waals surface area (Å²) >= 11 is 0. The second-order valence-electron chi connectivity index (χ2n) is 5.44. The Hall–Kier alpha value is -1.76. The zero-order valence-electron chi connectivity index (χ0n) is 10.4. The number of benzene rings is 1. The second kappa shape index (κ2) is 3.88. The third-order valence-electron chi connectivity index (χ3n) is 4.41. The van der Waals surface area contributed by atoms with E-state index in [0.717, 1.165) is 6.54 Å². The monoisotopic (exact) mass is 235 g/mol. The van der Waals surface area contributed by atoms with Crippen LogP contribution in [-0.2, 0) is 6.54 Å². The van der Waals surface area contributed by atoms with Gasteiger partial charge in [0.1, 0.15) is 0 Å². The van der Waals surface area contributed by atoms with Crippen molar-refractivity contribution in [3.8, 4) is 0 Å². The number of hydrogen-bond acceptors (Lipinski definition) is 1. The first-order chi connectivity index (χ1) is 8.92. The standard InChI is InChI=1S/C17H17N/c1-2-7-15-12-18-10-9-13-5-3-4-8-16(13)17(18)11-14(15)6-1/h1-8,11,13,16H,9-10,12H2. The predicted octanol–water partition coefficient (Wildman–Crippen LogP) is 3.61. The quantitative estimate of drug-likeness (QED) is 0.664. The van der Waals surface area contributed by atoms with Crippen LogP contribution >= 0.6 is 0 Å².